The first kappa shape index (κ1) is 14.6. The first-order valence-corrected chi connectivity index (χ1v) is 7.84. The molecule has 1 aromatic rings. The highest BCUT2D eigenvalue weighted by molar-refractivity contribution is 7.89. The van der Waals surface area contributed by atoms with Crippen molar-refractivity contribution in [2.75, 3.05) is 26.7 Å². The molecule has 0 aromatic heterocycles. The summed E-state index contributed by atoms with van der Waals surface area (Å²) in [4.78, 5) is 0.0993. The van der Waals surface area contributed by atoms with E-state index < -0.39 is 10.0 Å². The van der Waals surface area contributed by atoms with Crippen LogP contribution in [0.15, 0.2) is 23.1 Å². The molecule has 0 spiro atoms. The molecule has 1 fully saturated rings. The topological polar surface area (TPSA) is 58.6 Å². The Kier molecular flexibility index (Phi) is 4.35. The Hall–Kier alpha value is -0.820. The van der Waals surface area contributed by atoms with Gasteiger partial charge in [0.05, 0.1) is 12.1 Å². The maximum atomic E-state index is 12.6. The molecule has 2 rings (SSSR count). The largest absolute Gasteiger partial charge is 0.497 e. The lowest BCUT2D eigenvalue weighted by Gasteiger charge is -2.33. The van der Waals surface area contributed by atoms with Crippen molar-refractivity contribution in [3.8, 4) is 5.75 Å². The molecule has 0 saturated carbocycles. The van der Waals surface area contributed by atoms with Crippen LogP contribution in [0.5, 0.6) is 5.75 Å². The minimum absolute atomic E-state index is 0.0963. The molecule has 106 valence electrons. The molecule has 1 atom stereocenters. The molecule has 0 bridgehead atoms. The summed E-state index contributed by atoms with van der Waals surface area (Å²) in [5, 5.41) is 3.38. The molecule has 1 heterocycles. The molecule has 0 amide bonds. The molecule has 1 aromatic carbocycles. The molecule has 19 heavy (non-hydrogen) atoms. The third-order valence-electron chi connectivity index (χ3n) is 3.17. The van der Waals surface area contributed by atoms with Gasteiger partial charge in [-0.25, -0.2) is 8.42 Å². The summed E-state index contributed by atoms with van der Waals surface area (Å²) in [5.41, 5.74) is 0. The van der Waals surface area contributed by atoms with Crippen molar-refractivity contribution >= 4 is 21.6 Å². The minimum atomic E-state index is -3.59. The van der Waals surface area contributed by atoms with E-state index in [1.807, 2.05) is 6.92 Å². The van der Waals surface area contributed by atoms with E-state index in [9.17, 15) is 8.42 Å². The van der Waals surface area contributed by atoms with Crippen molar-refractivity contribution < 1.29 is 13.2 Å². The Morgan fingerprint density at radius 3 is 2.84 bits per heavy atom. The summed E-state index contributed by atoms with van der Waals surface area (Å²) >= 11 is 6.03. The number of hydrogen-bond acceptors (Lipinski definition) is 4. The number of ether oxygens (including phenoxy) is 1. The van der Waals surface area contributed by atoms with Gasteiger partial charge in [-0.3, -0.25) is 0 Å². The van der Waals surface area contributed by atoms with Crippen molar-refractivity contribution in [1.82, 2.24) is 9.62 Å². The van der Waals surface area contributed by atoms with E-state index in [0.717, 1.165) is 0 Å². The zero-order chi connectivity index (χ0) is 14.0. The van der Waals surface area contributed by atoms with E-state index >= 15 is 0 Å². The van der Waals surface area contributed by atoms with Crippen LogP contribution in [-0.2, 0) is 10.0 Å². The number of benzene rings is 1. The third kappa shape index (κ3) is 2.86. The van der Waals surface area contributed by atoms with Crippen molar-refractivity contribution in [2.45, 2.75) is 17.9 Å². The maximum absolute atomic E-state index is 12.6. The second-order valence-corrected chi connectivity index (χ2v) is 6.73. The van der Waals surface area contributed by atoms with E-state index in [4.69, 9.17) is 16.3 Å². The Labute approximate surface area is 118 Å². The standard InChI is InChI=1S/C12H17ClN2O3S/c1-9-8-14-5-6-15(9)19(16,17)12-7-10(18-2)3-4-11(12)13/h3-4,7,9,14H,5-6,8H2,1-2H3. The smallest absolute Gasteiger partial charge is 0.245 e. The minimum Gasteiger partial charge on any atom is -0.497 e. The zero-order valence-corrected chi connectivity index (χ0v) is 12.5. The van der Waals surface area contributed by atoms with Gasteiger partial charge in [0.1, 0.15) is 10.6 Å². The first-order valence-electron chi connectivity index (χ1n) is 6.03. The van der Waals surface area contributed by atoms with Crippen LogP contribution in [0.4, 0.5) is 0 Å². The van der Waals surface area contributed by atoms with Crippen LogP contribution in [0.25, 0.3) is 0 Å². The first-order chi connectivity index (χ1) is 8.96. The molecule has 7 heteroatoms. The summed E-state index contributed by atoms with van der Waals surface area (Å²) in [6.45, 7) is 3.60. The Balaban J connectivity index is 2.43. The van der Waals surface area contributed by atoms with E-state index in [1.54, 1.807) is 12.1 Å². The number of nitrogens with zero attached hydrogens (tertiary/aromatic N) is 1. The van der Waals surface area contributed by atoms with E-state index in [0.29, 0.717) is 25.4 Å². The van der Waals surface area contributed by atoms with Gasteiger partial charge in [0, 0.05) is 31.7 Å². The Morgan fingerprint density at radius 1 is 1.47 bits per heavy atom. The normalized spacial score (nSPS) is 21.3. The third-order valence-corrected chi connectivity index (χ3v) is 5.66. The Morgan fingerprint density at radius 2 is 2.21 bits per heavy atom. The molecule has 1 N–H and O–H groups in total. The summed E-state index contributed by atoms with van der Waals surface area (Å²) in [6, 6.07) is 4.55. The van der Waals surface area contributed by atoms with Crippen LogP contribution in [0.1, 0.15) is 6.92 Å². The highest BCUT2D eigenvalue weighted by Crippen LogP contribution is 2.29. The second kappa shape index (κ2) is 5.66. The summed E-state index contributed by atoms with van der Waals surface area (Å²) in [5.74, 6) is 0.478. The molecule has 1 saturated heterocycles. The molecular formula is C12H17ClN2O3S. The number of halogens is 1. The average molecular weight is 305 g/mol. The van der Waals surface area contributed by atoms with Crippen LogP contribution < -0.4 is 10.1 Å². The fourth-order valence-corrected chi connectivity index (χ4v) is 4.24. The number of sulfonamides is 1. The fourth-order valence-electron chi connectivity index (χ4n) is 2.11. The average Bonchev–Trinajstić information content (AvgIpc) is 2.39. The van der Waals surface area contributed by atoms with Gasteiger partial charge in [-0.1, -0.05) is 11.6 Å². The lowest BCUT2D eigenvalue weighted by atomic mass is 10.3. The van der Waals surface area contributed by atoms with Crippen LogP contribution in [0, 0.1) is 0 Å². The fraction of sp³-hybridized carbons (Fsp3) is 0.500. The molecule has 1 aliphatic rings. The Bertz CT molecular complexity index is 562. The molecule has 1 unspecified atom stereocenters. The maximum Gasteiger partial charge on any atom is 0.245 e. The van der Waals surface area contributed by atoms with Gasteiger partial charge in [0.25, 0.3) is 0 Å². The number of methoxy groups -OCH3 is 1. The highest BCUT2D eigenvalue weighted by atomic mass is 35.5. The zero-order valence-electron chi connectivity index (χ0n) is 10.9. The van der Waals surface area contributed by atoms with Gasteiger partial charge >= 0.3 is 0 Å². The van der Waals surface area contributed by atoms with Crippen molar-refractivity contribution in [3.05, 3.63) is 23.2 Å². The van der Waals surface area contributed by atoms with E-state index in [-0.39, 0.29) is 16.0 Å². The van der Waals surface area contributed by atoms with Crippen LogP contribution in [-0.4, -0.2) is 45.5 Å². The van der Waals surface area contributed by atoms with Gasteiger partial charge in [0.2, 0.25) is 10.0 Å². The molecule has 0 radical (unpaired) electrons. The van der Waals surface area contributed by atoms with Crippen molar-refractivity contribution in [3.63, 3.8) is 0 Å². The summed E-state index contributed by atoms with van der Waals surface area (Å²) in [6.07, 6.45) is 0. The molecule has 5 nitrogen and oxygen atoms in total. The molecular weight excluding hydrogens is 288 g/mol. The van der Waals surface area contributed by atoms with Gasteiger partial charge in [-0.05, 0) is 19.1 Å². The number of rotatable bonds is 3. The number of hydrogen-bond donors (Lipinski definition) is 1. The van der Waals surface area contributed by atoms with E-state index in [1.165, 1.54) is 17.5 Å². The predicted molar refractivity (Wildman–Crippen MR) is 74.2 cm³/mol. The SMILES string of the molecule is COc1ccc(Cl)c(S(=O)(=O)N2CCNCC2C)c1. The van der Waals surface area contributed by atoms with Gasteiger partial charge in [-0.2, -0.15) is 4.31 Å². The molecule has 1 aliphatic heterocycles. The lowest BCUT2D eigenvalue weighted by Crippen LogP contribution is -2.52. The van der Waals surface area contributed by atoms with Gasteiger partial charge in [0.15, 0.2) is 0 Å². The number of piperazine rings is 1. The highest BCUT2D eigenvalue weighted by Gasteiger charge is 2.32. The quantitative estimate of drug-likeness (QED) is 0.915. The molecule has 0 aliphatic carbocycles. The summed E-state index contributed by atoms with van der Waals surface area (Å²) in [7, 11) is -2.10. The van der Waals surface area contributed by atoms with Crippen molar-refractivity contribution in [1.29, 1.82) is 0 Å². The van der Waals surface area contributed by atoms with Gasteiger partial charge < -0.3 is 10.1 Å². The lowest BCUT2D eigenvalue weighted by molar-refractivity contribution is 0.283. The number of nitrogens with one attached hydrogen (secondary N) is 1. The summed E-state index contributed by atoms with van der Waals surface area (Å²) < 4.78 is 31.8. The van der Waals surface area contributed by atoms with Gasteiger partial charge in [-0.15, -0.1) is 0 Å². The van der Waals surface area contributed by atoms with E-state index in [2.05, 4.69) is 5.32 Å². The van der Waals surface area contributed by atoms with Crippen molar-refractivity contribution in [2.24, 2.45) is 0 Å². The van der Waals surface area contributed by atoms with Crippen LogP contribution in [0.2, 0.25) is 5.02 Å². The van der Waals surface area contributed by atoms with Crippen LogP contribution in [0.3, 0.4) is 0 Å². The second-order valence-electron chi connectivity index (χ2n) is 4.47. The predicted octanol–water partition coefficient (Wildman–Crippen LogP) is 1.33. The monoisotopic (exact) mass is 304 g/mol. The van der Waals surface area contributed by atoms with Crippen LogP contribution >= 0.6 is 11.6 Å².